The third-order valence-electron chi connectivity index (χ3n) is 4.89. The molecule has 1 saturated heterocycles. The molecule has 2 aromatic rings. The summed E-state index contributed by atoms with van der Waals surface area (Å²) in [6, 6.07) is 6.25. The number of hydrogen-bond donors (Lipinski definition) is 3. The van der Waals surface area contributed by atoms with Gasteiger partial charge in [0.05, 0.1) is 49.8 Å². The molecule has 0 aliphatic carbocycles. The fraction of sp³-hybridized carbons (Fsp3) is 0.381. The third kappa shape index (κ3) is 4.58. The average molecular weight is 424 g/mol. The summed E-state index contributed by atoms with van der Waals surface area (Å²) in [4.78, 5) is 14.1. The molecule has 9 heteroatoms. The molecule has 3 rings (SSSR count). The van der Waals surface area contributed by atoms with Gasteiger partial charge in [0, 0.05) is 0 Å². The van der Waals surface area contributed by atoms with Crippen LogP contribution in [-0.2, 0) is 11.2 Å². The second-order valence-corrected chi connectivity index (χ2v) is 7.24. The van der Waals surface area contributed by atoms with Crippen LogP contribution in [0.25, 0.3) is 0 Å². The summed E-state index contributed by atoms with van der Waals surface area (Å²) in [5.41, 5.74) is -1.30. The zero-order valence-electron chi connectivity index (χ0n) is 16.4. The maximum absolute atomic E-state index is 14.5. The number of nitrogens with zero attached hydrogens (tertiary/aromatic N) is 1. The van der Waals surface area contributed by atoms with Gasteiger partial charge < -0.3 is 25.2 Å². The lowest BCUT2D eigenvalue weighted by Crippen LogP contribution is -2.65. The minimum Gasteiger partial charge on any atom is -0.394 e. The van der Waals surface area contributed by atoms with E-state index in [1.807, 2.05) is 6.92 Å². The first-order valence-electron chi connectivity index (χ1n) is 9.51. The van der Waals surface area contributed by atoms with Crippen molar-refractivity contribution >= 4 is 17.3 Å². The summed E-state index contributed by atoms with van der Waals surface area (Å²) in [5.74, 6) is -3.79. The Labute approximate surface area is 171 Å². The summed E-state index contributed by atoms with van der Waals surface area (Å²) < 4.78 is 47.8. The lowest BCUT2D eigenvalue weighted by Gasteiger charge is -2.46. The smallest absolute Gasteiger partial charge is 0.256 e. The van der Waals surface area contributed by atoms with E-state index in [0.29, 0.717) is 6.42 Å². The van der Waals surface area contributed by atoms with Crippen molar-refractivity contribution in [1.82, 2.24) is 4.90 Å². The molecule has 1 fully saturated rings. The van der Waals surface area contributed by atoms with Crippen molar-refractivity contribution in [3.8, 4) is 0 Å². The van der Waals surface area contributed by atoms with Gasteiger partial charge in [0.1, 0.15) is 11.4 Å². The first kappa shape index (κ1) is 22.1. The fourth-order valence-electron chi connectivity index (χ4n) is 3.26. The molecule has 2 aromatic carbocycles. The van der Waals surface area contributed by atoms with E-state index in [4.69, 9.17) is 9.84 Å². The van der Waals surface area contributed by atoms with E-state index in [2.05, 4.69) is 5.32 Å². The molecule has 0 bridgehead atoms. The van der Waals surface area contributed by atoms with Gasteiger partial charge >= 0.3 is 0 Å². The number of carbonyl (C=O) groups is 1. The molecule has 1 heterocycles. The van der Waals surface area contributed by atoms with Gasteiger partial charge in [-0.15, -0.1) is 0 Å². The number of aryl methyl sites for hydroxylation is 1. The van der Waals surface area contributed by atoms with E-state index in [1.54, 1.807) is 6.07 Å². The lowest BCUT2D eigenvalue weighted by atomic mass is 9.94. The molecule has 0 spiro atoms. The highest BCUT2D eigenvalue weighted by atomic mass is 19.2. The minimum atomic E-state index is -1.30. The number of anilines is 2. The number of hydrogen-bond acceptors (Lipinski definition) is 5. The number of benzene rings is 2. The number of halogens is 3. The SMILES string of the molecule is CCc1ccc(Nc2c(C(=O)N3CC(O)(COCCO)C3)ccc(F)c2F)c(F)c1. The Morgan fingerprint density at radius 2 is 1.93 bits per heavy atom. The molecule has 1 amide bonds. The maximum atomic E-state index is 14.5. The van der Waals surface area contributed by atoms with Crippen LogP contribution >= 0.6 is 0 Å². The topological polar surface area (TPSA) is 82.0 Å². The summed E-state index contributed by atoms with van der Waals surface area (Å²) >= 11 is 0. The monoisotopic (exact) mass is 424 g/mol. The Morgan fingerprint density at radius 3 is 2.57 bits per heavy atom. The highest BCUT2D eigenvalue weighted by Crippen LogP contribution is 2.31. The third-order valence-corrected chi connectivity index (χ3v) is 4.89. The molecule has 0 radical (unpaired) electrons. The van der Waals surface area contributed by atoms with Crippen molar-refractivity contribution in [3.05, 3.63) is 58.9 Å². The molecule has 6 nitrogen and oxygen atoms in total. The summed E-state index contributed by atoms with van der Waals surface area (Å²) in [6.07, 6.45) is 0.606. The zero-order chi connectivity index (χ0) is 21.9. The van der Waals surface area contributed by atoms with E-state index in [-0.39, 0.29) is 44.2 Å². The summed E-state index contributed by atoms with van der Waals surface area (Å²) in [5, 5.41) is 21.5. The van der Waals surface area contributed by atoms with Crippen LogP contribution in [0, 0.1) is 17.5 Å². The zero-order valence-corrected chi connectivity index (χ0v) is 16.4. The average Bonchev–Trinajstić information content (AvgIpc) is 2.70. The van der Waals surface area contributed by atoms with Crippen LogP contribution in [0.15, 0.2) is 30.3 Å². The van der Waals surface area contributed by atoms with E-state index in [1.165, 1.54) is 17.0 Å². The minimum absolute atomic E-state index is 0.0515. The number of rotatable bonds is 8. The first-order chi connectivity index (χ1) is 14.3. The van der Waals surface area contributed by atoms with Crippen LogP contribution in [-0.4, -0.2) is 59.5 Å². The molecule has 0 atom stereocenters. The molecule has 0 saturated carbocycles. The number of likely N-dealkylation sites (tertiary alicyclic amines) is 1. The number of nitrogens with one attached hydrogen (secondary N) is 1. The van der Waals surface area contributed by atoms with Crippen LogP contribution in [0.4, 0.5) is 24.5 Å². The van der Waals surface area contributed by atoms with Gasteiger partial charge in [-0.3, -0.25) is 4.79 Å². The van der Waals surface area contributed by atoms with Crippen molar-refractivity contribution in [2.24, 2.45) is 0 Å². The molecule has 1 aliphatic heterocycles. The van der Waals surface area contributed by atoms with Gasteiger partial charge in [-0.25, -0.2) is 13.2 Å². The Hall–Kier alpha value is -2.62. The van der Waals surface area contributed by atoms with Crippen LogP contribution in [0.5, 0.6) is 0 Å². The Balaban J connectivity index is 1.81. The molecule has 1 aliphatic rings. The molecule has 0 unspecified atom stereocenters. The number of aliphatic hydroxyl groups excluding tert-OH is 1. The number of β-amino-alcohol motifs (C(OH)–C–C–N with tert-alkyl or cyclic N) is 1. The van der Waals surface area contributed by atoms with E-state index < -0.39 is 34.6 Å². The van der Waals surface area contributed by atoms with Gasteiger partial charge in [0.25, 0.3) is 5.91 Å². The van der Waals surface area contributed by atoms with Gasteiger partial charge in [-0.05, 0) is 36.2 Å². The van der Waals surface area contributed by atoms with Gasteiger partial charge in [-0.2, -0.15) is 0 Å². The predicted molar refractivity (Wildman–Crippen MR) is 104 cm³/mol. The number of aliphatic hydroxyl groups is 2. The normalized spacial score (nSPS) is 15.1. The predicted octanol–water partition coefficient (Wildman–Crippen LogP) is 2.61. The van der Waals surface area contributed by atoms with Gasteiger partial charge in [-0.1, -0.05) is 13.0 Å². The number of ether oxygens (including phenoxy) is 1. The van der Waals surface area contributed by atoms with Crippen LogP contribution < -0.4 is 5.32 Å². The molecular weight excluding hydrogens is 401 g/mol. The highest BCUT2D eigenvalue weighted by Gasteiger charge is 2.44. The number of carbonyl (C=O) groups excluding carboxylic acids is 1. The second-order valence-electron chi connectivity index (χ2n) is 7.24. The lowest BCUT2D eigenvalue weighted by molar-refractivity contribution is -0.127. The first-order valence-corrected chi connectivity index (χ1v) is 9.51. The van der Waals surface area contributed by atoms with Crippen LogP contribution in [0.3, 0.4) is 0 Å². The molecular formula is C21H23F3N2O4. The van der Waals surface area contributed by atoms with Crippen molar-refractivity contribution in [1.29, 1.82) is 0 Å². The maximum Gasteiger partial charge on any atom is 0.256 e. The van der Waals surface area contributed by atoms with E-state index in [0.717, 1.165) is 17.7 Å². The van der Waals surface area contributed by atoms with Crippen LogP contribution in [0.1, 0.15) is 22.8 Å². The van der Waals surface area contributed by atoms with Crippen molar-refractivity contribution in [3.63, 3.8) is 0 Å². The standard InChI is InChI=1S/C21H23F3N2O4/c1-2-13-3-6-17(16(23)9-13)25-19-14(4-5-15(22)18(19)24)20(28)26-10-21(29,11-26)12-30-8-7-27/h3-6,9,25,27,29H,2,7-8,10-12H2,1H3. The fourth-order valence-corrected chi connectivity index (χ4v) is 3.26. The van der Waals surface area contributed by atoms with Crippen molar-refractivity contribution < 1.29 is 32.9 Å². The molecule has 30 heavy (non-hydrogen) atoms. The number of amides is 1. The highest BCUT2D eigenvalue weighted by molar-refractivity contribution is 6.01. The second kappa shape index (κ2) is 9.03. The Bertz CT molecular complexity index is 933. The van der Waals surface area contributed by atoms with Gasteiger partial charge in [0.2, 0.25) is 0 Å². The largest absolute Gasteiger partial charge is 0.394 e. The summed E-state index contributed by atoms with van der Waals surface area (Å²) in [7, 11) is 0. The Kier molecular flexibility index (Phi) is 6.64. The van der Waals surface area contributed by atoms with Crippen LogP contribution in [0.2, 0.25) is 0 Å². The van der Waals surface area contributed by atoms with E-state index >= 15 is 0 Å². The molecule has 3 N–H and O–H groups in total. The van der Waals surface area contributed by atoms with Gasteiger partial charge in [0.15, 0.2) is 11.6 Å². The van der Waals surface area contributed by atoms with E-state index in [9.17, 15) is 23.1 Å². The quantitative estimate of drug-likeness (QED) is 0.568. The van der Waals surface area contributed by atoms with Crippen molar-refractivity contribution in [2.45, 2.75) is 18.9 Å². The Morgan fingerprint density at radius 1 is 1.20 bits per heavy atom. The molecule has 162 valence electrons. The van der Waals surface area contributed by atoms with Crippen molar-refractivity contribution in [2.75, 3.05) is 38.2 Å². The molecule has 0 aromatic heterocycles. The summed E-state index contributed by atoms with van der Waals surface area (Å²) in [6.45, 7) is 1.49.